The molecule has 4 rings (SSSR count). The molecule has 0 spiro atoms. The van der Waals surface area contributed by atoms with Gasteiger partial charge in [0.15, 0.2) is 10.8 Å². The molecule has 2 aromatic heterocycles. The van der Waals surface area contributed by atoms with Gasteiger partial charge in [-0.05, 0) is 25.0 Å². The van der Waals surface area contributed by atoms with Crippen LogP contribution in [0.4, 0.5) is 5.13 Å². The quantitative estimate of drug-likeness (QED) is 0.711. The minimum Gasteiger partial charge on any atom is -0.296 e. The highest BCUT2D eigenvalue weighted by atomic mass is 32.1. The topological polar surface area (TPSA) is 59.8 Å². The highest BCUT2D eigenvalue weighted by Crippen LogP contribution is 2.22. The molecule has 0 saturated heterocycles. The molecule has 6 heteroatoms. The molecule has 0 bridgehead atoms. The number of hydrogen-bond acceptors (Lipinski definition) is 4. The molecule has 136 valence electrons. The van der Waals surface area contributed by atoms with Crippen molar-refractivity contribution in [3.05, 3.63) is 88.7 Å². The number of nitrogens with one attached hydrogen (secondary N) is 1. The number of benzene rings is 1. The summed E-state index contributed by atoms with van der Waals surface area (Å²) in [5.74, 6) is -0.236. The minimum absolute atomic E-state index is 0.164. The zero-order valence-electron chi connectivity index (χ0n) is 15.0. The molecule has 5 nitrogen and oxygen atoms in total. The molecule has 3 aromatic rings. The van der Waals surface area contributed by atoms with E-state index in [1.54, 1.807) is 6.07 Å². The average molecular weight is 376 g/mol. The molecule has 1 N–H and O–H groups in total. The number of hydrogen-bond donors (Lipinski definition) is 1. The van der Waals surface area contributed by atoms with Crippen molar-refractivity contribution in [3.63, 3.8) is 0 Å². The first-order valence-corrected chi connectivity index (χ1v) is 9.69. The molecule has 2 heterocycles. The van der Waals surface area contributed by atoms with Gasteiger partial charge in [0.1, 0.15) is 0 Å². The van der Waals surface area contributed by atoms with Gasteiger partial charge < -0.3 is 0 Å². The van der Waals surface area contributed by atoms with Gasteiger partial charge >= 0.3 is 0 Å². The summed E-state index contributed by atoms with van der Waals surface area (Å²) in [6.45, 7) is 2.08. The summed E-state index contributed by atoms with van der Waals surface area (Å²) in [7, 11) is 0. The summed E-state index contributed by atoms with van der Waals surface area (Å²) < 4.78 is 1.82. The molecular weight excluding hydrogens is 356 g/mol. The van der Waals surface area contributed by atoms with E-state index in [1.807, 2.05) is 29.2 Å². The van der Waals surface area contributed by atoms with Crippen LogP contribution in [0.15, 0.2) is 67.0 Å². The van der Waals surface area contributed by atoms with Gasteiger partial charge in [-0.15, -0.1) is 11.3 Å². The second kappa shape index (κ2) is 7.72. The second-order valence-electron chi connectivity index (χ2n) is 6.55. The van der Waals surface area contributed by atoms with Gasteiger partial charge in [-0.3, -0.25) is 14.8 Å². The Labute approximate surface area is 162 Å². The molecule has 1 aromatic carbocycles. The maximum Gasteiger partial charge on any atom is 0.277 e. The van der Waals surface area contributed by atoms with E-state index >= 15 is 0 Å². The molecule has 0 saturated carbocycles. The van der Waals surface area contributed by atoms with Crippen LogP contribution in [0.1, 0.15) is 39.0 Å². The van der Waals surface area contributed by atoms with Crippen LogP contribution in [-0.4, -0.2) is 20.7 Å². The SMILES string of the molecule is Cc1ccc(Cc2cnc(NC(=O)c3ccn(C4C=CC=CC4)n3)s2)cc1. The number of anilines is 1. The van der Waals surface area contributed by atoms with Crippen LogP contribution < -0.4 is 5.32 Å². The summed E-state index contributed by atoms with van der Waals surface area (Å²) >= 11 is 1.49. The molecule has 1 aliphatic carbocycles. The molecule has 0 radical (unpaired) electrons. The van der Waals surface area contributed by atoms with Gasteiger partial charge in [-0.25, -0.2) is 4.98 Å². The summed E-state index contributed by atoms with van der Waals surface area (Å²) in [6, 6.07) is 10.4. The van der Waals surface area contributed by atoms with Crippen LogP contribution in [0, 0.1) is 6.92 Å². The van der Waals surface area contributed by atoms with Crippen molar-refractivity contribution in [2.75, 3.05) is 5.32 Å². The summed E-state index contributed by atoms with van der Waals surface area (Å²) in [4.78, 5) is 17.9. The monoisotopic (exact) mass is 376 g/mol. The Morgan fingerprint density at radius 1 is 1.26 bits per heavy atom. The number of allylic oxidation sites excluding steroid dienone is 4. The highest BCUT2D eigenvalue weighted by Gasteiger charge is 2.15. The minimum atomic E-state index is -0.236. The zero-order chi connectivity index (χ0) is 18.6. The van der Waals surface area contributed by atoms with E-state index in [1.165, 1.54) is 22.5 Å². The standard InChI is InChI=1S/C21H20N4OS/c1-15-7-9-16(10-8-15)13-18-14-22-21(27-18)23-20(26)19-11-12-25(24-19)17-5-3-2-4-6-17/h2-5,7-12,14,17H,6,13H2,1H3,(H,22,23,26). The fourth-order valence-electron chi connectivity index (χ4n) is 2.92. The van der Waals surface area contributed by atoms with Gasteiger partial charge in [0.25, 0.3) is 5.91 Å². The van der Waals surface area contributed by atoms with Crippen molar-refractivity contribution in [1.82, 2.24) is 14.8 Å². The number of carbonyl (C=O) groups is 1. The van der Waals surface area contributed by atoms with Crippen LogP contribution in [0.2, 0.25) is 0 Å². The first-order valence-electron chi connectivity index (χ1n) is 8.87. The lowest BCUT2D eigenvalue weighted by Gasteiger charge is -2.12. The molecular formula is C21H20N4OS. The van der Waals surface area contributed by atoms with Crippen LogP contribution in [0.25, 0.3) is 0 Å². The number of aromatic nitrogens is 3. The maximum absolute atomic E-state index is 12.5. The Morgan fingerprint density at radius 2 is 2.11 bits per heavy atom. The highest BCUT2D eigenvalue weighted by molar-refractivity contribution is 7.15. The molecule has 0 aliphatic heterocycles. The first kappa shape index (κ1) is 17.4. The van der Waals surface area contributed by atoms with Crippen molar-refractivity contribution in [2.24, 2.45) is 0 Å². The van der Waals surface area contributed by atoms with E-state index < -0.39 is 0 Å². The van der Waals surface area contributed by atoms with Crippen LogP contribution in [0.5, 0.6) is 0 Å². The zero-order valence-corrected chi connectivity index (χ0v) is 15.8. The lowest BCUT2D eigenvalue weighted by atomic mass is 10.1. The van der Waals surface area contributed by atoms with E-state index in [0.29, 0.717) is 10.8 Å². The first-order chi connectivity index (χ1) is 13.2. The largest absolute Gasteiger partial charge is 0.296 e. The Kier molecular flexibility index (Phi) is 4.98. The predicted octanol–water partition coefficient (Wildman–Crippen LogP) is 4.55. The van der Waals surface area contributed by atoms with Crippen molar-refractivity contribution >= 4 is 22.4 Å². The van der Waals surface area contributed by atoms with Gasteiger partial charge in [-0.1, -0.05) is 54.1 Å². The van der Waals surface area contributed by atoms with E-state index in [9.17, 15) is 4.79 Å². The summed E-state index contributed by atoms with van der Waals surface area (Å²) in [5.41, 5.74) is 2.87. The Morgan fingerprint density at radius 3 is 2.89 bits per heavy atom. The van der Waals surface area contributed by atoms with E-state index in [-0.39, 0.29) is 11.9 Å². The van der Waals surface area contributed by atoms with E-state index in [0.717, 1.165) is 17.7 Å². The number of rotatable bonds is 5. The third-order valence-corrected chi connectivity index (χ3v) is 5.32. The number of thiazole rings is 1. The maximum atomic E-state index is 12.5. The van der Waals surface area contributed by atoms with E-state index in [2.05, 4.69) is 58.7 Å². The van der Waals surface area contributed by atoms with Gasteiger partial charge in [0, 0.05) is 23.7 Å². The normalized spacial score (nSPS) is 15.8. The van der Waals surface area contributed by atoms with E-state index in [4.69, 9.17) is 0 Å². The number of nitrogens with zero attached hydrogens (tertiary/aromatic N) is 3. The van der Waals surface area contributed by atoms with Crippen LogP contribution in [0.3, 0.4) is 0 Å². The Hall–Kier alpha value is -2.99. The number of carbonyl (C=O) groups excluding carboxylic acids is 1. The van der Waals surface area contributed by atoms with Gasteiger partial charge in [-0.2, -0.15) is 5.10 Å². The Balaban J connectivity index is 1.39. The molecule has 27 heavy (non-hydrogen) atoms. The van der Waals surface area contributed by atoms with Crippen LogP contribution >= 0.6 is 11.3 Å². The molecule has 0 fully saturated rings. The van der Waals surface area contributed by atoms with Crippen molar-refractivity contribution < 1.29 is 4.79 Å². The smallest absolute Gasteiger partial charge is 0.277 e. The molecule has 1 aliphatic rings. The number of aryl methyl sites for hydroxylation is 1. The second-order valence-corrected chi connectivity index (χ2v) is 7.66. The predicted molar refractivity (Wildman–Crippen MR) is 108 cm³/mol. The summed E-state index contributed by atoms with van der Waals surface area (Å²) in [5, 5.41) is 7.85. The van der Waals surface area contributed by atoms with Crippen LogP contribution in [-0.2, 0) is 6.42 Å². The Bertz CT molecular complexity index is 997. The third-order valence-electron chi connectivity index (χ3n) is 4.41. The number of amides is 1. The van der Waals surface area contributed by atoms with Crippen molar-refractivity contribution in [2.45, 2.75) is 25.8 Å². The fraction of sp³-hybridized carbons (Fsp3) is 0.190. The third kappa shape index (κ3) is 4.23. The van der Waals surface area contributed by atoms with Gasteiger partial charge in [0.05, 0.1) is 6.04 Å². The summed E-state index contributed by atoms with van der Waals surface area (Å²) in [6.07, 6.45) is 13.5. The molecule has 1 atom stereocenters. The lowest BCUT2D eigenvalue weighted by Crippen LogP contribution is -2.14. The lowest BCUT2D eigenvalue weighted by molar-refractivity contribution is 0.102. The molecule has 1 amide bonds. The molecule has 1 unspecified atom stereocenters. The van der Waals surface area contributed by atoms with Crippen molar-refractivity contribution in [3.8, 4) is 0 Å². The van der Waals surface area contributed by atoms with Crippen molar-refractivity contribution in [1.29, 1.82) is 0 Å². The average Bonchev–Trinajstić information content (AvgIpc) is 3.34. The van der Waals surface area contributed by atoms with Gasteiger partial charge in [0.2, 0.25) is 0 Å². The fourth-order valence-corrected chi connectivity index (χ4v) is 3.76.